The van der Waals surface area contributed by atoms with Crippen LogP contribution < -0.4 is 10.6 Å². The maximum absolute atomic E-state index is 13.0. The number of nitrogens with zero attached hydrogens (tertiary/aromatic N) is 3. The molecule has 0 bridgehead atoms. The summed E-state index contributed by atoms with van der Waals surface area (Å²) in [6.07, 6.45) is -2.70. The van der Waals surface area contributed by atoms with Gasteiger partial charge >= 0.3 is 6.18 Å². The highest BCUT2D eigenvalue weighted by Gasteiger charge is 2.33. The van der Waals surface area contributed by atoms with Crippen LogP contribution >= 0.6 is 12.4 Å². The molecule has 0 saturated carbocycles. The second-order valence-electron chi connectivity index (χ2n) is 6.38. The molecule has 0 atom stereocenters. The van der Waals surface area contributed by atoms with Gasteiger partial charge < -0.3 is 10.6 Å². The van der Waals surface area contributed by atoms with Gasteiger partial charge in [-0.05, 0) is 57.5 Å². The summed E-state index contributed by atoms with van der Waals surface area (Å²) < 4.78 is 40.8. The lowest BCUT2D eigenvalue weighted by molar-refractivity contribution is -0.138. The van der Waals surface area contributed by atoms with Crippen molar-refractivity contribution in [2.75, 3.05) is 18.4 Å². The molecular weight excluding hydrogens is 383 g/mol. The van der Waals surface area contributed by atoms with Gasteiger partial charge in [0.1, 0.15) is 0 Å². The van der Waals surface area contributed by atoms with Gasteiger partial charge in [0.05, 0.1) is 17.3 Å². The quantitative estimate of drug-likeness (QED) is 0.822. The zero-order valence-corrected chi connectivity index (χ0v) is 15.7. The predicted molar refractivity (Wildman–Crippen MR) is 97.3 cm³/mol. The molecule has 1 amide bonds. The van der Waals surface area contributed by atoms with Crippen LogP contribution in [0.25, 0.3) is 0 Å². The minimum Gasteiger partial charge on any atom is -0.320 e. The maximum atomic E-state index is 13.0. The van der Waals surface area contributed by atoms with Crippen LogP contribution in [-0.4, -0.2) is 34.0 Å². The SMILES string of the molecule is Cc1c(NC(=O)c2nnn(C3CCNCC3)c2C)cccc1C(F)(F)F.Cl. The van der Waals surface area contributed by atoms with Crippen molar-refractivity contribution in [3.8, 4) is 0 Å². The molecule has 1 aliphatic rings. The highest BCUT2D eigenvalue weighted by Crippen LogP contribution is 2.34. The summed E-state index contributed by atoms with van der Waals surface area (Å²) in [5.41, 5.74) is 0.0437. The van der Waals surface area contributed by atoms with E-state index < -0.39 is 17.6 Å². The molecule has 1 aliphatic heterocycles. The van der Waals surface area contributed by atoms with Gasteiger partial charge in [0.25, 0.3) is 5.91 Å². The Bertz CT molecular complexity index is 815. The second-order valence-corrected chi connectivity index (χ2v) is 6.38. The first-order valence-electron chi connectivity index (χ1n) is 8.39. The average molecular weight is 404 g/mol. The fourth-order valence-corrected chi connectivity index (χ4v) is 3.21. The van der Waals surface area contributed by atoms with E-state index in [9.17, 15) is 18.0 Å². The molecule has 3 rings (SSSR count). The Kier molecular flexibility index (Phi) is 6.48. The van der Waals surface area contributed by atoms with Crippen molar-refractivity contribution in [3.63, 3.8) is 0 Å². The number of rotatable bonds is 3. The first kappa shape index (κ1) is 21.2. The monoisotopic (exact) mass is 403 g/mol. The van der Waals surface area contributed by atoms with Gasteiger partial charge in [-0.3, -0.25) is 4.79 Å². The number of halogens is 4. The number of piperidine rings is 1. The Labute approximate surface area is 160 Å². The van der Waals surface area contributed by atoms with Crippen molar-refractivity contribution in [2.45, 2.75) is 38.9 Å². The third-order valence-corrected chi connectivity index (χ3v) is 4.68. The zero-order valence-electron chi connectivity index (χ0n) is 14.9. The van der Waals surface area contributed by atoms with Crippen molar-refractivity contribution in [2.24, 2.45) is 0 Å². The number of amides is 1. The molecule has 2 aromatic rings. The molecule has 0 spiro atoms. The van der Waals surface area contributed by atoms with Gasteiger partial charge in [-0.1, -0.05) is 11.3 Å². The molecule has 1 aromatic carbocycles. The van der Waals surface area contributed by atoms with Crippen molar-refractivity contribution in [1.82, 2.24) is 20.3 Å². The van der Waals surface area contributed by atoms with E-state index >= 15 is 0 Å². The largest absolute Gasteiger partial charge is 0.416 e. The van der Waals surface area contributed by atoms with Gasteiger partial charge in [0.2, 0.25) is 0 Å². The lowest BCUT2D eigenvalue weighted by Gasteiger charge is -2.23. The number of hydrogen-bond donors (Lipinski definition) is 2. The molecule has 6 nitrogen and oxygen atoms in total. The average Bonchev–Trinajstić information content (AvgIpc) is 2.98. The minimum absolute atomic E-state index is 0. The molecule has 0 radical (unpaired) electrons. The van der Waals surface area contributed by atoms with E-state index in [1.165, 1.54) is 19.1 Å². The van der Waals surface area contributed by atoms with E-state index in [-0.39, 0.29) is 35.4 Å². The summed E-state index contributed by atoms with van der Waals surface area (Å²) in [6, 6.07) is 3.86. The molecule has 27 heavy (non-hydrogen) atoms. The Hall–Kier alpha value is -2.13. The number of benzene rings is 1. The number of hydrogen-bond acceptors (Lipinski definition) is 4. The standard InChI is InChI=1S/C17H20F3N5O.ClH/c1-10-13(17(18,19)20)4-3-5-14(10)22-16(26)15-11(2)25(24-23-15)12-6-8-21-9-7-12;/h3-5,12,21H,6-9H2,1-2H3,(H,22,26);1H. The van der Waals surface area contributed by atoms with Crippen LogP contribution in [0.15, 0.2) is 18.2 Å². The van der Waals surface area contributed by atoms with Crippen LogP contribution in [0.5, 0.6) is 0 Å². The molecule has 10 heteroatoms. The summed E-state index contributed by atoms with van der Waals surface area (Å²) in [4.78, 5) is 12.5. The Balaban J connectivity index is 0.00000261. The normalized spacial score (nSPS) is 15.3. The van der Waals surface area contributed by atoms with E-state index in [4.69, 9.17) is 0 Å². The zero-order chi connectivity index (χ0) is 18.9. The fraction of sp³-hybridized carbons (Fsp3) is 0.471. The summed E-state index contributed by atoms with van der Waals surface area (Å²) in [5.74, 6) is -0.565. The molecule has 0 aliphatic carbocycles. The van der Waals surface area contributed by atoms with Gasteiger partial charge in [-0.15, -0.1) is 17.5 Å². The van der Waals surface area contributed by atoms with Crippen LogP contribution in [-0.2, 0) is 6.18 Å². The van der Waals surface area contributed by atoms with Gasteiger partial charge in [-0.2, -0.15) is 13.2 Å². The van der Waals surface area contributed by atoms with Crippen molar-refractivity contribution in [3.05, 3.63) is 40.7 Å². The molecule has 1 fully saturated rings. The lowest BCUT2D eigenvalue weighted by atomic mass is 10.1. The molecule has 2 N–H and O–H groups in total. The number of aromatic nitrogens is 3. The van der Waals surface area contributed by atoms with E-state index in [1.54, 1.807) is 11.6 Å². The van der Waals surface area contributed by atoms with Crippen molar-refractivity contribution >= 4 is 24.0 Å². The summed E-state index contributed by atoms with van der Waals surface area (Å²) in [6.45, 7) is 4.82. The Morgan fingerprint density at radius 2 is 1.93 bits per heavy atom. The second kappa shape index (κ2) is 8.26. The Morgan fingerprint density at radius 1 is 1.26 bits per heavy atom. The fourth-order valence-electron chi connectivity index (χ4n) is 3.21. The van der Waals surface area contributed by atoms with Crippen LogP contribution in [0.4, 0.5) is 18.9 Å². The number of nitrogens with one attached hydrogen (secondary N) is 2. The summed E-state index contributed by atoms with van der Waals surface area (Å²) in [5, 5.41) is 13.8. The first-order valence-corrected chi connectivity index (χ1v) is 8.39. The van der Waals surface area contributed by atoms with Gasteiger partial charge in [-0.25, -0.2) is 4.68 Å². The summed E-state index contributed by atoms with van der Waals surface area (Å²) in [7, 11) is 0. The van der Waals surface area contributed by atoms with Crippen molar-refractivity contribution < 1.29 is 18.0 Å². The van der Waals surface area contributed by atoms with E-state index in [1.807, 2.05) is 0 Å². The van der Waals surface area contributed by atoms with E-state index in [0.29, 0.717) is 5.69 Å². The Morgan fingerprint density at radius 3 is 2.56 bits per heavy atom. The highest BCUT2D eigenvalue weighted by molar-refractivity contribution is 6.04. The third-order valence-electron chi connectivity index (χ3n) is 4.68. The van der Waals surface area contributed by atoms with Crippen LogP contribution in [0.1, 0.15) is 46.2 Å². The molecular formula is C17H21ClF3N5O. The molecule has 2 heterocycles. The smallest absolute Gasteiger partial charge is 0.320 e. The number of carbonyl (C=O) groups is 1. The number of carbonyl (C=O) groups excluding carboxylic acids is 1. The number of anilines is 1. The molecule has 1 aromatic heterocycles. The van der Waals surface area contributed by atoms with Crippen LogP contribution in [0.3, 0.4) is 0 Å². The van der Waals surface area contributed by atoms with Crippen molar-refractivity contribution in [1.29, 1.82) is 0 Å². The highest BCUT2D eigenvalue weighted by atomic mass is 35.5. The van der Waals surface area contributed by atoms with Gasteiger partial charge in [0.15, 0.2) is 5.69 Å². The predicted octanol–water partition coefficient (Wildman–Crippen LogP) is 3.51. The molecule has 0 unspecified atom stereocenters. The lowest BCUT2D eigenvalue weighted by Crippen LogP contribution is -2.30. The molecule has 1 saturated heterocycles. The maximum Gasteiger partial charge on any atom is 0.416 e. The minimum atomic E-state index is -4.47. The van der Waals surface area contributed by atoms with Gasteiger partial charge in [0, 0.05) is 5.69 Å². The van der Waals surface area contributed by atoms with E-state index in [0.717, 1.165) is 32.0 Å². The summed E-state index contributed by atoms with van der Waals surface area (Å²) >= 11 is 0. The van der Waals surface area contributed by atoms with Crippen LogP contribution in [0.2, 0.25) is 0 Å². The van der Waals surface area contributed by atoms with E-state index in [2.05, 4.69) is 20.9 Å². The topological polar surface area (TPSA) is 71.8 Å². The number of alkyl halides is 3. The first-order chi connectivity index (χ1) is 12.3. The van der Waals surface area contributed by atoms with Crippen LogP contribution in [0, 0.1) is 13.8 Å². The third kappa shape index (κ3) is 4.41. The molecule has 148 valence electrons.